The average Bonchev–Trinajstić information content (AvgIpc) is 3.32. The van der Waals surface area contributed by atoms with Crippen LogP contribution in [0.15, 0.2) is 16.9 Å². The quantitative estimate of drug-likeness (QED) is 0.337. The highest BCUT2D eigenvalue weighted by atomic mass is 19.1. The van der Waals surface area contributed by atoms with E-state index in [-0.39, 0.29) is 37.2 Å². The van der Waals surface area contributed by atoms with E-state index in [0.29, 0.717) is 40.9 Å². The summed E-state index contributed by atoms with van der Waals surface area (Å²) in [5.41, 5.74) is 1.19. The van der Waals surface area contributed by atoms with Gasteiger partial charge in [-0.25, -0.2) is 19.0 Å². The van der Waals surface area contributed by atoms with Crippen LogP contribution in [0, 0.1) is 12.7 Å². The van der Waals surface area contributed by atoms with Crippen LogP contribution in [-0.2, 0) is 44.2 Å². The van der Waals surface area contributed by atoms with Gasteiger partial charge >= 0.3 is 12.1 Å². The summed E-state index contributed by atoms with van der Waals surface area (Å²) in [7, 11) is 1.48. The second-order valence-corrected chi connectivity index (χ2v) is 12.8. The first-order valence-corrected chi connectivity index (χ1v) is 14.7. The van der Waals surface area contributed by atoms with Crippen molar-refractivity contribution in [2.75, 3.05) is 13.6 Å². The lowest BCUT2D eigenvalue weighted by molar-refractivity contribution is -0.172. The molecule has 0 bridgehead atoms. The topological polar surface area (TPSA) is 140 Å². The highest BCUT2D eigenvalue weighted by Gasteiger charge is 2.46. The first-order valence-electron chi connectivity index (χ1n) is 14.7. The minimum absolute atomic E-state index is 0.00464. The molecule has 2 aliphatic heterocycles. The minimum atomic E-state index is -1.98. The number of carbonyl (C=O) groups is 3. The van der Waals surface area contributed by atoms with Crippen molar-refractivity contribution in [2.24, 2.45) is 0 Å². The molecule has 0 saturated carbocycles. The van der Waals surface area contributed by atoms with Crippen LogP contribution in [0.1, 0.15) is 80.0 Å². The second kappa shape index (κ2) is 10.1. The first kappa shape index (κ1) is 29.7. The van der Waals surface area contributed by atoms with E-state index in [9.17, 15) is 24.3 Å². The number of esters is 1. The maximum Gasteiger partial charge on any atom is 0.410 e. The Morgan fingerprint density at radius 2 is 1.98 bits per heavy atom. The van der Waals surface area contributed by atoms with Crippen molar-refractivity contribution in [1.82, 2.24) is 19.8 Å². The lowest BCUT2D eigenvalue weighted by Gasteiger charge is -2.31. The third kappa shape index (κ3) is 4.54. The van der Waals surface area contributed by atoms with Gasteiger partial charge in [-0.2, -0.15) is 0 Å². The van der Waals surface area contributed by atoms with E-state index < -0.39 is 46.6 Å². The zero-order chi connectivity index (χ0) is 31.9. The molecule has 11 nitrogen and oxygen atoms in total. The van der Waals surface area contributed by atoms with Gasteiger partial charge in [-0.3, -0.25) is 9.59 Å². The molecule has 6 rings (SSSR count). The van der Waals surface area contributed by atoms with Crippen molar-refractivity contribution in [3.05, 3.63) is 61.7 Å². The molecule has 1 aromatic carbocycles. The molecule has 2 aromatic heterocycles. The molecule has 0 unspecified atom stereocenters. The van der Waals surface area contributed by atoms with Crippen LogP contribution < -0.4 is 10.9 Å². The molecular formula is C32H35FN4O7. The van der Waals surface area contributed by atoms with Crippen molar-refractivity contribution in [1.29, 1.82) is 0 Å². The summed E-state index contributed by atoms with van der Waals surface area (Å²) in [6.45, 7) is 8.20. The Morgan fingerprint density at radius 1 is 1.25 bits per heavy atom. The largest absolute Gasteiger partial charge is 0.458 e. The zero-order valence-electron chi connectivity index (χ0n) is 25.6. The first-order chi connectivity index (χ1) is 20.6. The SMILES string of the molecule is CC[C@@]1(O)C(=O)OCc2c1cc1n(c2=O)Cc2c-1nc1cc(F)c(C)c3c1c2[C@@H](NC(=O)CN(C)C(=O)OC(C)(C)C)CC3. The minimum Gasteiger partial charge on any atom is -0.458 e. The normalized spacial score (nSPS) is 20.0. The molecule has 44 heavy (non-hydrogen) atoms. The van der Waals surface area contributed by atoms with Crippen LogP contribution in [0.25, 0.3) is 22.3 Å². The Labute approximate surface area is 253 Å². The number of amides is 2. The highest BCUT2D eigenvalue weighted by molar-refractivity contribution is 5.94. The standard InChI is InChI=1S/C32H35FN4O7/c1-7-32(42)19-10-23-27-17(12-37(23)28(39)18(19)14-43-29(32)40)26-21(34-24(38)13-36(6)30(41)44-31(3,4)5)9-8-16-15(2)20(33)11-22(35-27)25(16)26/h10-11,21,42H,7-9,12-14H2,1-6H3,(H,34,38)/t21-,32-/m0/s1. The van der Waals surface area contributed by atoms with E-state index in [1.54, 1.807) is 40.7 Å². The summed E-state index contributed by atoms with van der Waals surface area (Å²) >= 11 is 0. The number of aliphatic hydroxyl groups is 1. The van der Waals surface area contributed by atoms with Crippen molar-refractivity contribution in [2.45, 2.75) is 84.3 Å². The van der Waals surface area contributed by atoms with Crippen LogP contribution in [0.5, 0.6) is 0 Å². The molecule has 0 spiro atoms. The van der Waals surface area contributed by atoms with Gasteiger partial charge < -0.3 is 29.4 Å². The molecule has 4 heterocycles. The molecule has 3 aliphatic rings. The number of fused-ring (bicyclic) bond motifs is 5. The fourth-order valence-corrected chi connectivity index (χ4v) is 6.56. The lowest BCUT2D eigenvalue weighted by Crippen LogP contribution is -2.44. The number of halogens is 1. The molecule has 12 heteroatoms. The molecule has 2 N–H and O–H groups in total. The monoisotopic (exact) mass is 606 g/mol. The number of aromatic nitrogens is 2. The number of ether oxygens (including phenoxy) is 2. The zero-order valence-corrected chi connectivity index (χ0v) is 25.6. The number of benzene rings is 1. The number of hydrogen-bond acceptors (Lipinski definition) is 8. The Bertz CT molecular complexity index is 1840. The smallest absolute Gasteiger partial charge is 0.410 e. The Kier molecular flexibility index (Phi) is 6.84. The van der Waals surface area contributed by atoms with Gasteiger partial charge in [0, 0.05) is 29.6 Å². The van der Waals surface area contributed by atoms with Crippen molar-refractivity contribution in [3.63, 3.8) is 0 Å². The predicted octanol–water partition coefficient (Wildman–Crippen LogP) is 3.50. The Hall–Kier alpha value is -4.32. The van der Waals surface area contributed by atoms with E-state index in [1.165, 1.54) is 22.6 Å². The van der Waals surface area contributed by atoms with Crippen molar-refractivity contribution in [3.8, 4) is 11.4 Å². The van der Waals surface area contributed by atoms with E-state index in [0.717, 1.165) is 16.5 Å². The molecule has 0 radical (unpaired) electrons. The van der Waals surface area contributed by atoms with Crippen LogP contribution in [-0.4, -0.2) is 56.7 Å². The van der Waals surface area contributed by atoms with Crippen LogP contribution in [0.4, 0.5) is 9.18 Å². The number of nitrogens with one attached hydrogen (secondary N) is 1. The molecule has 0 saturated heterocycles. The lowest BCUT2D eigenvalue weighted by atomic mass is 9.81. The Morgan fingerprint density at radius 3 is 2.66 bits per heavy atom. The summed E-state index contributed by atoms with van der Waals surface area (Å²) < 4.78 is 27.2. The summed E-state index contributed by atoms with van der Waals surface area (Å²) in [4.78, 5) is 58.1. The molecule has 2 atom stereocenters. The molecule has 0 fully saturated rings. The highest BCUT2D eigenvalue weighted by Crippen LogP contribution is 2.45. The number of pyridine rings is 2. The third-order valence-electron chi connectivity index (χ3n) is 8.80. The second-order valence-electron chi connectivity index (χ2n) is 12.8. The van der Waals surface area contributed by atoms with Crippen molar-refractivity contribution >= 4 is 28.9 Å². The number of nitrogens with zero attached hydrogens (tertiary/aromatic N) is 3. The summed E-state index contributed by atoms with van der Waals surface area (Å²) in [5.74, 6) is -1.63. The summed E-state index contributed by atoms with van der Waals surface area (Å²) in [6, 6.07) is 2.45. The molecule has 1 aliphatic carbocycles. The predicted molar refractivity (Wildman–Crippen MR) is 157 cm³/mol. The summed E-state index contributed by atoms with van der Waals surface area (Å²) in [6.07, 6.45) is 0.327. The number of carbonyl (C=O) groups excluding carboxylic acids is 3. The van der Waals surface area contributed by atoms with Crippen molar-refractivity contribution < 1.29 is 33.4 Å². The van der Waals surface area contributed by atoms with Crippen LogP contribution in [0.3, 0.4) is 0 Å². The average molecular weight is 607 g/mol. The maximum absolute atomic E-state index is 15.1. The Balaban J connectivity index is 1.46. The van der Waals surface area contributed by atoms with Crippen LogP contribution >= 0.6 is 0 Å². The van der Waals surface area contributed by atoms with Gasteiger partial charge in [-0.15, -0.1) is 0 Å². The molecular weight excluding hydrogens is 571 g/mol. The molecule has 3 aromatic rings. The number of aryl methyl sites for hydroxylation is 1. The van der Waals surface area contributed by atoms with Gasteiger partial charge in [0.15, 0.2) is 5.60 Å². The fourth-order valence-electron chi connectivity index (χ4n) is 6.56. The molecule has 2 amide bonds. The van der Waals surface area contributed by atoms with E-state index in [4.69, 9.17) is 14.5 Å². The number of hydrogen-bond donors (Lipinski definition) is 2. The maximum atomic E-state index is 15.1. The number of cyclic esters (lactones) is 1. The van der Waals surface area contributed by atoms with Gasteiger partial charge in [0.2, 0.25) is 5.91 Å². The van der Waals surface area contributed by atoms with Gasteiger partial charge in [-0.1, -0.05) is 6.92 Å². The van der Waals surface area contributed by atoms with Gasteiger partial charge in [-0.05, 0) is 69.7 Å². The summed E-state index contributed by atoms with van der Waals surface area (Å²) in [5, 5.41) is 15.0. The fraction of sp³-hybridized carbons (Fsp3) is 0.469. The van der Waals surface area contributed by atoms with Gasteiger partial charge in [0.05, 0.1) is 35.1 Å². The van der Waals surface area contributed by atoms with Gasteiger partial charge in [0.25, 0.3) is 5.56 Å². The van der Waals surface area contributed by atoms with E-state index in [2.05, 4.69) is 5.32 Å². The number of rotatable bonds is 4. The van der Waals surface area contributed by atoms with E-state index >= 15 is 4.39 Å². The molecule has 232 valence electrons. The third-order valence-corrected chi connectivity index (χ3v) is 8.80. The number of likely N-dealkylation sites (N-methyl/N-ethyl adjacent to an activating group) is 1. The van der Waals surface area contributed by atoms with Gasteiger partial charge in [0.1, 0.15) is 24.6 Å². The van der Waals surface area contributed by atoms with Crippen LogP contribution in [0.2, 0.25) is 0 Å². The van der Waals surface area contributed by atoms with E-state index in [1.807, 2.05) is 0 Å².